The highest BCUT2D eigenvalue weighted by molar-refractivity contribution is 5.15. The Labute approximate surface area is 184 Å². The van der Waals surface area contributed by atoms with E-state index in [9.17, 15) is 74.6 Å². The third-order valence-corrected chi connectivity index (χ3v) is 6.21. The molecule has 0 aromatic rings. The summed E-state index contributed by atoms with van der Waals surface area (Å²) in [7, 11) is 0. The van der Waals surface area contributed by atoms with Gasteiger partial charge in [-0.15, -0.1) is 0 Å². The van der Waals surface area contributed by atoms with E-state index < -0.39 is 66.8 Å². The number of hydrogen-bond donors (Lipinski definition) is 0. The summed E-state index contributed by atoms with van der Waals surface area (Å²) in [6, 6.07) is 0. The van der Waals surface area contributed by atoms with Crippen molar-refractivity contribution in [3.63, 3.8) is 0 Å². The van der Waals surface area contributed by atoms with Crippen LogP contribution in [0.4, 0.5) is 74.6 Å². The fourth-order valence-electron chi connectivity index (χ4n) is 4.08. The molecule has 3 unspecified atom stereocenters. The normalized spacial score (nSPS) is 25.5. The molecule has 18 heteroatoms. The Morgan fingerprint density at radius 3 is 1.31 bits per heavy atom. The Kier molecular flexibility index (Phi) is 7.19. The van der Waals surface area contributed by atoms with Crippen LogP contribution in [-0.4, -0.2) is 60.3 Å². The minimum absolute atomic E-state index is 0.105. The van der Waals surface area contributed by atoms with Crippen LogP contribution in [0.25, 0.3) is 0 Å². The zero-order valence-corrected chi connectivity index (χ0v) is 16.8. The average Bonchev–Trinajstić information content (AvgIpc) is 3.29. The zero-order valence-electron chi connectivity index (χ0n) is 16.8. The molecule has 3 atom stereocenters. The van der Waals surface area contributed by atoms with E-state index in [1.807, 2.05) is 0 Å². The van der Waals surface area contributed by atoms with Crippen molar-refractivity contribution in [1.82, 2.24) is 0 Å². The summed E-state index contributed by atoms with van der Waals surface area (Å²) in [5.41, 5.74) is 0. The molecule has 0 aromatic carbocycles. The van der Waals surface area contributed by atoms with E-state index in [2.05, 4.69) is 0 Å². The predicted molar refractivity (Wildman–Crippen MR) is 80.5 cm³/mol. The van der Waals surface area contributed by atoms with E-state index in [4.69, 9.17) is 4.74 Å². The minimum atomic E-state index is -8.60. The molecule has 0 aliphatic heterocycles. The Balaban J connectivity index is 2.29. The topological polar surface area (TPSA) is 9.23 Å². The summed E-state index contributed by atoms with van der Waals surface area (Å²) in [5.74, 6) is -56.1. The molecule has 208 valence electrons. The highest BCUT2D eigenvalue weighted by Crippen LogP contribution is 2.64. The lowest BCUT2D eigenvalue weighted by atomic mass is 9.88. The van der Waals surface area contributed by atoms with Crippen molar-refractivity contribution in [1.29, 1.82) is 0 Å². The number of ether oxygens (including phenoxy) is 1. The summed E-state index contributed by atoms with van der Waals surface area (Å²) >= 11 is 0. The molecule has 0 saturated heterocycles. The molecule has 0 N–H and O–H groups in total. The molecule has 1 nitrogen and oxygen atoms in total. The second-order valence-electron chi connectivity index (χ2n) is 8.48. The summed E-state index contributed by atoms with van der Waals surface area (Å²) in [6.07, 6.45) is -8.92. The van der Waals surface area contributed by atoms with Gasteiger partial charge in [-0.25, -0.2) is 0 Å². The number of alkyl halides is 17. The van der Waals surface area contributed by atoms with Crippen LogP contribution in [0.5, 0.6) is 0 Å². The fourth-order valence-corrected chi connectivity index (χ4v) is 4.08. The molecular weight excluding hydrogens is 543 g/mol. The first-order valence-electron chi connectivity index (χ1n) is 9.62. The first-order valence-corrected chi connectivity index (χ1v) is 9.62. The van der Waals surface area contributed by atoms with Crippen molar-refractivity contribution >= 4 is 0 Å². The fraction of sp³-hybridized carbons (Fsp3) is 1.00. The smallest absolute Gasteiger partial charge is 0.378 e. The number of halogens is 17. The second kappa shape index (κ2) is 8.39. The molecule has 0 spiro atoms. The third kappa shape index (κ3) is 4.22. The van der Waals surface area contributed by atoms with Gasteiger partial charge in [0.15, 0.2) is 0 Å². The van der Waals surface area contributed by atoms with E-state index in [1.165, 1.54) is 0 Å². The van der Waals surface area contributed by atoms with Gasteiger partial charge < -0.3 is 4.74 Å². The molecule has 2 saturated carbocycles. The van der Waals surface area contributed by atoms with Crippen molar-refractivity contribution in [3.8, 4) is 0 Å². The van der Waals surface area contributed by atoms with Crippen LogP contribution in [0.2, 0.25) is 0 Å². The highest BCUT2D eigenvalue weighted by atomic mass is 19.4. The maximum atomic E-state index is 13.8. The van der Waals surface area contributed by atoms with Gasteiger partial charge in [0, 0.05) is 6.42 Å². The van der Waals surface area contributed by atoms with Crippen LogP contribution < -0.4 is 0 Å². The van der Waals surface area contributed by atoms with Crippen LogP contribution >= 0.6 is 0 Å². The molecule has 2 rings (SSSR count). The first kappa shape index (κ1) is 30.0. The van der Waals surface area contributed by atoms with E-state index in [1.54, 1.807) is 0 Å². The van der Waals surface area contributed by atoms with E-state index in [0.717, 1.165) is 6.42 Å². The third-order valence-electron chi connectivity index (χ3n) is 6.21. The van der Waals surface area contributed by atoms with Crippen LogP contribution in [0, 0.1) is 11.8 Å². The second-order valence-corrected chi connectivity index (χ2v) is 8.48. The maximum Gasteiger partial charge on any atom is 0.460 e. The molecular formula is C17H15F17O. The molecule has 2 bridgehead atoms. The van der Waals surface area contributed by atoms with Crippen molar-refractivity contribution < 1.29 is 79.4 Å². The lowest BCUT2D eigenvalue weighted by Crippen LogP contribution is -2.74. The molecule has 2 aliphatic carbocycles. The van der Waals surface area contributed by atoms with Crippen molar-refractivity contribution in [2.24, 2.45) is 11.8 Å². The van der Waals surface area contributed by atoms with Gasteiger partial charge in [-0.05, 0) is 37.5 Å². The standard InChI is InChI=1S/C17H15F17O/c18-10(19,3-4-35-9-6-7-1-2-8(9)5-7)11(20,21)12(22,23)13(24,25)14(26,27)15(28,29)16(30,31)17(32,33)34/h7-9H,1-6H2. The molecule has 35 heavy (non-hydrogen) atoms. The average molecular weight is 558 g/mol. The summed E-state index contributed by atoms with van der Waals surface area (Å²) in [4.78, 5) is 0. The van der Waals surface area contributed by atoms with E-state index in [-0.39, 0.29) is 18.3 Å². The lowest BCUT2D eigenvalue weighted by molar-refractivity contribution is -0.462. The van der Waals surface area contributed by atoms with Gasteiger partial charge in [0.25, 0.3) is 0 Å². The zero-order chi connectivity index (χ0) is 27.7. The van der Waals surface area contributed by atoms with Gasteiger partial charge in [-0.1, -0.05) is 0 Å². The van der Waals surface area contributed by atoms with Gasteiger partial charge in [-0.2, -0.15) is 74.6 Å². The Morgan fingerprint density at radius 1 is 0.514 bits per heavy atom. The number of fused-ring (bicyclic) bond motifs is 2. The van der Waals surface area contributed by atoms with E-state index in [0.29, 0.717) is 12.8 Å². The monoisotopic (exact) mass is 558 g/mol. The van der Waals surface area contributed by atoms with Gasteiger partial charge >= 0.3 is 47.6 Å². The van der Waals surface area contributed by atoms with Gasteiger partial charge in [0.2, 0.25) is 0 Å². The summed E-state index contributed by atoms with van der Waals surface area (Å²) in [5, 5.41) is 0. The minimum Gasteiger partial charge on any atom is -0.378 e. The Hall–Kier alpha value is -1.23. The van der Waals surface area contributed by atoms with Gasteiger partial charge in [0.1, 0.15) is 0 Å². The first-order chi connectivity index (χ1) is 15.3. The molecule has 0 radical (unpaired) electrons. The maximum absolute atomic E-state index is 13.8. The largest absolute Gasteiger partial charge is 0.460 e. The van der Waals surface area contributed by atoms with Crippen LogP contribution in [0.3, 0.4) is 0 Å². The van der Waals surface area contributed by atoms with Crippen LogP contribution in [-0.2, 0) is 4.74 Å². The quantitative estimate of drug-likeness (QED) is 0.251. The van der Waals surface area contributed by atoms with Gasteiger partial charge in [-0.3, -0.25) is 0 Å². The SMILES string of the molecule is FC(F)(F)C(F)(F)C(F)(F)C(F)(F)C(F)(F)C(F)(F)C(F)(F)C(F)(F)CCOC1CC2CCC1C2. The predicted octanol–water partition coefficient (Wildman–Crippen LogP) is 7.59. The Bertz CT molecular complexity index is 771. The summed E-state index contributed by atoms with van der Waals surface area (Å²) in [6.45, 7) is -1.50. The molecule has 0 aromatic heterocycles. The van der Waals surface area contributed by atoms with Crippen molar-refractivity contribution in [2.45, 2.75) is 85.8 Å². The van der Waals surface area contributed by atoms with Crippen molar-refractivity contribution in [3.05, 3.63) is 0 Å². The molecule has 2 aliphatic rings. The van der Waals surface area contributed by atoms with Crippen molar-refractivity contribution in [2.75, 3.05) is 6.61 Å². The van der Waals surface area contributed by atoms with Gasteiger partial charge in [0.05, 0.1) is 12.7 Å². The van der Waals surface area contributed by atoms with Crippen LogP contribution in [0.15, 0.2) is 0 Å². The van der Waals surface area contributed by atoms with E-state index >= 15 is 0 Å². The number of rotatable bonds is 10. The highest BCUT2D eigenvalue weighted by Gasteiger charge is 2.95. The summed E-state index contributed by atoms with van der Waals surface area (Å²) < 4.78 is 229. The van der Waals surface area contributed by atoms with Crippen LogP contribution in [0.1, 0.15) is 32.1 Å². The Morgan fingerprint density at radius 2 is 0.943 bits per heavy atom. The number of hydrogen-bond acceptors (Lipinski definition) is 1. The molecule has 0 heterocycles. The molecule has 0 amide bonds. The lowest BCUT2D eigenvalue weighted by Gasteiger charge is -2.42. The molecule has 2 fully saturated rings.